The van der Waals surface area contributed by atoms with Gasteiger partial charge in [0.1, 0.15) is 0 Å². The van der Waals surface area contributed by atoms with Crippen LogP contribution in [0.25, 0.3) is 0 Å². The van der Waals surface area contributed by atoms with E-state index in [1.54, 1.807) is 23.5 Å². The SMILES string of the molecule is O=C(NC1CCN(S(=O)(=O)c2ccccc2)C1)C(F)(F)F. The quantitative estimate of drug-likeness (QED) is 0.907. The fourth-order valence-corrected chi connectivity index (χ4v) is 3.59. The lowest BCUT2D eigenvalue weighted by Crippen LogP contribution is -2.44. The lowest BCUT2D eigenvalue weighted by Gasteiger charge is -2.17. The van der Waals surface area contributed by atoms with Crippen LogP contribution in [0.2, 0.25) is 0 Å². The van der Waals surface area contributed by atoms with Crippen molar-refractivity contribution in [1.82, 2.24) is 9.62 Å². The summed E-state index contributed by atoms with van der Waals surface area (Å²) in [4.78, 5) is 10.9. The highest BCUT2D eigenvalue weighted by molar-refractivity contribution is 7.89. The number of carbonyl (C=O) groups is 1. The number of nitrogens with one attached hydrogen (secondary N) is 1. The molecule has 1 amide bonds. The van der Waals surface area contributed by atoms with Crippen LogP contribution in [0.15, 0.2) is 35.2 Å². The smallest absolute Gasteiger partial charge is 0.344 e. The van der Waals surface area contributed by atoms with E-state index in [-0.39, 0.29) is 24.4 Å². The van der Waals surface area contributed by atoms with Crippen molar-refractivity contribution in [1.29, 1.82) is 0 Å². The summed E-state index contributed by atoms with van der Waals surface area (Å²) in [6, 6.07) is 6.78. The molecule has 0 radical (unpaired) electrons. The highest BCUT2D eigenvalue weighted by Crippen LogP contribution is 2.22. The summed E-state index contributed by atoms with van der Waals surface area (Å²) in [6.45, 7) is -0.0981. The van der Waals surface area contributed by atoms with Gasteiger partial charge in [-0.15, -0.1) is 0 Å². The van der Waals surface area contributed by atoms with Gasteiger partial charge in [-0.25, -0.2) is 8.42 Å². The highest BCUT2D eigenvalue weighted by atomic mass is 32.2. The van der Waals surface area contributed by atoms with Gasteiger partial charge in [-0.2, -0.15) is 17.5 Å². The molecule has 1 aliphatic heterocycles. The summed E-state index contributed by atoms with van der Waals surface area (Å²) in [5.74, 6) is -2.05. The third-order valence-electron chi connectivity index (χ3n) is 3.12. The van der Waals surface area contributed by atoms with E-state index in [1.165, 1.54) is 12.1 Å². The number of sulfonamides is 1. The Morgan fingerprint density at radius 1 is 1.24 bits per heavy atom. The average Bonchev–Trinajstić information content (AvgIpc) is 2.88. The van der Waals surface area contributed by atoms with Gasteiger partial charge in [0, 0.05) is 19.1 Å². The third-order valence-corrected chi connectivity index (χ3v) is 5.00. The van der Waals surface area contributed by atoms with Gasteiger partial charge in [-0.1, -0.05) is 18.2 Å². The first-order chi connectivity index (χ1) is 9.71. The van der Waals surface area contributed by atoms with Crippen molar-refractivity contribution in [3.63, 3.8) is 0 Å². The van der Waals surface area contributed by atoms with Crippen LogP contribution in [0.5, 0.6) is 0 Å². The van der Waals surface area contributed by atoms with Crippen LogP contribution in [-0.4, -0.2) is 43.9 Å². The van der Waals surface area contributed by atoms with Gasteiger partial charge in [0.2, 0.25) is 10.0 Å². The van der Waals surface area contributed by atoms with Crippen molar-refractivity contribution in [3.8, 4) is 0 Å². The number of alkyl halides is 3. The summed E-state index contributed by atoms with van der Waals surface area (Å²) in [5.41, 5.74) is 0. The zero-order valence-electron chi connectivity index (χ0n) is 10.8. The summed E-state index contributed by atoms with van der Waals surface area (Å²) in [5, 5.41) is 1.80. The molecule has 21 heavy (non-hydrogen) atoms. The molecule has 1 atom stereocenters. The molecular weight excluding hydrogens is 309 g/mol. The molecule has 0 saturated carbocycles. The maximum Gasteiger partial charge on any atom is 0.471 e. The van der Waals surface area contributed by atoms with Crippen LogP contribution >= 0.6 is 0 Å². The maximum atomic E-state index is 12.3. The third kappa shape index (κ3) is 3.53. The zero-order chi connectivity index (χ0) is 15.7. The first kappa shape index (κ1) is 15.8. The summed E-state index contributed by atoms with van der Waals surface area (Å²) in [6.07, 6.45) is -4.82. The first-order valence-corrected chi connectivity index (χ1v) is 7.58. The van der Waals surface area contributed by atoms with E-state index < -0.39 is 28.1 Å². The first-order valence-electron chi connectivity index (χ1n) is 6.14. The van der Waals surface area contributed by atoms with Crippen molar-refractivity contribution in [2.75, 3.05) is 13.1 Å². The van der Waals surface area contributed by atoms with Crippen molar-refractivity contribution in [3.05, 3.63) is 30.3 Å². The Balaban J connectivity index is 2.04. The molecule has 1 heterocycles. The second-order valence-electron chi connectivity index (χ2n) is 4.63. The van der Waals surface area contributed by atoms with Crippen LogP contribution in [-0.2, 0) is 14.8 Å². The summed E-state index contributed by atoms with van der Waals surface area (Å²) < 4.78 is 62.0. The number of hydrogen-bond acceptors (Lipinski definition) is 3. The Kier molecular flexibility index (Phi) is 4.24. The number of nitrogens with zero attached hydrogens (tertiary/aromatic N) is 1. The zero-order valence-corrected chi connectivity index (χ0v) is 11.6. The Hall–Kier alpha value is -1.61. The van der Waals surface area contributed by atoms with Gasteiger partial charge in [-0.05, 0) is 18.6 Å². The molecule has 1 aromatic carbocycles. The minimum Gasteiger partial charge on any atom is -0.344 e. The molecule has 9 heteroatoms. The molecule has 116 valence electrons. The standard InChI is InChI=1S/C12H13F3N2O3S/c13-12(14,15)11(18)16-9-6-7-17(8-9)21(19,20)10-4-2-1-3-5-10/h1-5,9H,6-8H2,(H,16,18). The second-order valence-corrected chi connectivity index (χ2v) is 6.57. The Labute approximate surface area is 119 Å². The lowest BCUT2D eigenvalue weighted by molar-refractivity contribution is -0.174. The van der Waals surface area contributed by atoms with Crippen LogP contribution in [0.3, 0.4) is 0 Å². The van der Waals surface area contributed by atoms with Gasteiger partial charge < -0.3 is 5.32 Å². The van der Waals surface area contributed by atoms with E-state index in [9.17, 15) is 26.4 Å². The number of hydrogen-bond donors (Lipinski definition) is 1. The minimum absolute atomic E-state index is 0.0695. The van der Waals surface area contributed by atoms with Gasteiger partial charge in [-0.3, -0.25) is 4.79 Å². The minimum atomic E-state index is -4.97. The van der Waals surface area contributed by atoms with Crippen LogP contribution in [0, 0.1) is 0 Å². The van der Waals surface area contributed by atoms with E-state index in [0.717, 1.165) is 4.31 Å². The lowest BCUT2D eigenvalue weighted by atomic mass is 10.2. The van der Waals surface area contributed by atoms with Crippen molar-refractivity contribution in [2.24, 2.45) is 0 Å². The molecule has 1 unspecified atom stereocenters. The molecule has 0 aliphatic carbocycles. The number of amides is 1. The molecule has 0 aromatic heterocycles. The molecule has 1 N–H and O–H groups in total. The molecule has 1 saturated heterocycles. The Bertz CT molecular complexity index is 616. The fraction of sp³-hybridized carbons (Fsp3) is 0.417. The number of halogens is 3. The predicted octanol–water partition coefficient (Wildman–Crippen LogP) is 1.13. The van der Waals surface area contributed by atoms with Crippen molar-refractivity contribution in [2.45, 2.75) is 23.5 Å². The topological polar surface area (TPSA) is 66.5 Å². The average molecular weight is 322 g/mol. The monoisotopic (exact) mass is 322 g/mol. The van der Waals surface area contributed by atoms with Crippen LogP contribution < -0.4 is 5.32 Å². The largest absolute Gasteiger partial charge is 0.471 e. The number of benzene rings is 1. The van der Waals surface area contributed by atoms with E-state index in [0.29, 0.717) is 0 Å². The highest BCUT2D eigenvalue weighted by Gasteiger charge is 2.41. The predicted molar refractivity (Wildman–Crippen MR) is 67.8 cm³/mol. The number of carbonyl (C=O) groups excluding carboxylic acids is 1. The second kappa shape index (κ2) is 5.64. The van der Waals surface area contributed by atoms with E-state index in [1.807, 2.05) is 0 Å². The van der Waals surface area contributed by atoms with E-state index >= 15 is 0 Å². The Morgan fingerprint density at radius 3 is 2.43 bits per heavy atom. The molecule has 0 spiro atoms. The van der Waals surface area contributed by atoms with E-state index in [4.69, 9.17) is 0 Å². The van der Waals surface area contributed by atoms with Gasteiger partial charge >= 0.3 is 12.1 Å². The van der Waals surface area contributed by atoms with E-state index in [2.05, 4.69) is 0 Å². The fourth-order valence-electron chi connectivity index (χ4n) is 2.07. The van der Waals surface area contributed by atoms with Gasteiger partial charge in [0.05, 0.1) is 4.90 Å². The molecule has 0 bridgehead atoms. The molecule has 1 aromatic rings. The molecule has 5 nitrogen and oxygen atoms in total. The molecule has 1 fully saturated rings. The van der Waals surface area contributed by atoms with Gasteiger partial charge in [0.25, 0.3) is 0 Å². The maximum absolute atomic E-state index is 12.3. The molecule has 1 aliphatic rings. The van der Waals surface area contributed by atoms with Crippen molar-refractivity contribution < 1.29 is 26.4 Å². The number of rotatable bonds is 3. The van der Waals surface area contributed by atoms with Gasteiger partial charge in [0.15, 0.2) is 0 Å². The summed E-state index contributed by atoms with van der Waals surface area (Å²) in [7, 11) is -3.74. The van der Waals surface area contributed by atoms with Crippen molar-refractivity contribution >= 4 is 15.9 Å². The summed E-state index contributed by atoms with van der Waals surface area (Å²) >= 11 is 0. The normalized spacial score (nSPS) is 20.4. The Morgan fingerprint density at radius 2 is 1.86 bits per heavy atom. The molecular formula is C12H13F3N2O3S. The van der Waals surface area contributed by atoms with Crippen LogP contribution in [0.1, 0.15) is 6.42 Å². The molecule has 2 rings (SSSR count). The van der Waals surface area contributed by atoms with Crippen LogP contribution in [0.4, 0.5) is 13.2 Å².